The average molecular weight is 415 g/mol. The third-order valence-electron chi connectivity index (χ3n) is 5.81. The van der Waals surface area contributed by atoms with Crippen LogP contribution >= 0.6 is 0 Å². The molecule has 7 nitrogen and oxygen atoms in total. The number of hydrogen-bond acceptors (Lipinski definition) is 5. The molecule has 0 aliphatic carbocycles. The molecule has 1 saturated heterocycles. The van der Waals surface area contributed by atoms with E-state index >= 15 is 0 Å². The van der Waals surface area contributed by atoms with Crippen molar-refractivity contribution in [2.45, 2.75) is 45.6 Å². The summed E-state index contributed by atoms with van der Waals surface area (Å²) in [5, 5.41) is 0. The number of aromatic nitrogens is 2. The van der Waals surface area contributed by atoms with Gasteiger partial charge in [0.05, 0.1) is 12.3 Å². The van der Waals surface area contributed by atoms with Crippen molar-refractivity contribution in [3.8, 4) is 0 Å². The highest BCUT2D eigenvalue weighted by Crippen LogP contribution is 2.33. The first-order valence-electron chi connectivity index (χ1n) is 10.1. The highest BCUT2D eigenvalue weighted by atomic mass is 32.2. The standard InChI is InChI=1S/C21H26N4O3S/c1-3-29(27,28)24-12-11-17(14-24)20-22-15(2)18-9-10-19(26)25(21(18)23-20)13-16-7-5-4-6-8-16/h4-8,17H,3,9-14H2,1-2H3. The number of fused-ring (bicyclic) bond motifs is 1. The summed E-state index contributed by atoms with van der Waals surface area (Å²) in [4.78, 5) is 24.0. The van der Waals surface area contributed by atoms with Crippen molar-refractivity contribution < 1.29 is 13.2 Å². The molecule has 0 radical (unpaired) electrons. The van der Waals surface area contributed by atoms with Gasteiger partial charge in [-0.15, -0.1) is 0 Å². The molecule has 0 saturated carbocycles. The summed E-state index contributed by atoms with van der Waals surface area (Å²) in [5.74, 6) is 1.44. The third kappa shape index (κ3) is 3.91. The number of benzene rings is 1. The number of rotatable bonds is 5. The van der Waals surface area contributed by atoms with Gasteiger partial charge >= 0.3 is 0 Å². The minimum absolute atomic E-state index is 0.0454. The van der Waals surface area contributed by atoms with E-state index < -0.39 is 10.0 Å². The van der Waals surface area contributed by atoms with Crippen LogP contribution in [-0.4, -0.2) is 47.4 Å². The normalized spacial score (nSPS) is 20.1. The first-order chi connectivity index (χ1) is 13.9. The summed E-state index contributed by atoms with van der Waals surface area (Å²) in [6, 6.07) is 9.88. The van der Waals surface area contributed by atoms with Crippen molar-refractivity contribution in [2.75, 3.05) is 23.7 Å². The smallest absolute Gasteiger partial charge is 0.228 e. The molecule has 2 aromatic rings. The van der Waals surface area contributed by atoms with Crippen molar-refractivity contribution in [1.29, 1.82) is 0 Å². The van der Waals surface area contributed by atoms with E-state index in [4.69, 9.17) is 9.97 Å². The molecule has 4 rings (SSSR count). The molecule has 2 aliphatic heterocycles. The molecule has 1 amide bonds. The van der Waals surface area contributed by atoms with Gasteiger partial charge < -0.3 is 0 Å². The Bertz CT molecular complexity index is 1020. The Hall–Kier alpha value is -2.32. The number of sulfonamides is 1. The predicted molar refractivity (Wildman–Crippen MR) is 111 cm³/mol. The summed E-state index contributed by atoms with van der Waals surface area (Å²) in [6.45, 7) is 4.99. The molecule has 0 spiro atoms. The number of anilines is 1. The topological polar surface area (TPSA) is 83.5 Å². The van der Waals surface area contributed by atoms with E-state index in [1.54, 1.807) is 11.8 Å². The minimum Gasteiger partial charge on any atom is -0.292 e. The molecule has 2 aliphatic rings. The number of amides is 1. The minimum atomic E-state index is -3.21. The van der Waals surface area contributed by atoms with Gasteiger partial charge in [-0.2, -0.15) is 0 Å². The molecule has 0 N–H and O–H groups in total. The van der Waals surface area contributed by atoms with Gasteiger partial charge in [0, 0.05) is 36.7 Å². The maximum Gasteiger partial charge on any atom is 0.228 e. The van der Waals surface area contributed by atoms with Gasteiger partial charge in [0.1, 0.15) is 11.6 Å². The van der Waals surface area contributed by atoms with Gasteiger partial charge in [-0.25, -0.2) is 22.7 Å². The zero-order chi connectivity index (χ0) is 20.6. The van der Waals surface area contributed by atoms with Crippen LogP contribution in [0.2, 0.25) is 0 Å². The molecule has 1 aromatic carbocycles. The van der Waals surface area contributed by atoms with Gasteiger partial charge in [0.2, 0.25) is 15.9 Å². The van der Waals surface area contributed by atoms with Crippen molar-refractivity contribution >= 4 is 21.7 Å². The zero-order valence-electron chi connectivity index (χ0n) is 16.8. The molecular weight excluding hydrogens is 388 g/mol. The number of nitrogens with zero attached hydrogens (tertiary/aromatic N) is 4. The molecule has 3 heterocycles. The van der Waals surface area contributed by atoms with Crippen LogP contribution in [-0.2, 0) is 27.8 Å². The second-order valence-electron chi connectivity index (χ2n) is 7.68. The summed E-state index contributed by atoms with van der Waals surface area (Å²) >= 11 is 0. The summed E-state index contributed by atoms with van der Waals surface area (Å²) in [6.07, 6.45) is 1.80. The average Bonchev–Trinajstić information content (AvgIpc) is 3.22. The monoisotopic (exact) mass is 414 g/mol. The van der Waals surface area contributed by atoms with Crippen molar-refractivity contribution in [3.05, 3.63) is 53.0 Å². The van der Waals surface area contributed by atoms with E-state index in [9.17, 15) is 13.2 Å². The molecule has 1 fully saturated rings. The van der Waals surface area contributed by atoms with Crippen molar-refractivity contribution in [1.82, 2.24) is 14.3 Å². The van der Waals surface area contributed by atoms with E-state index in [-0.39, 0.29) is 17.6 Å². The first-order valence-corrected chi connectivity index (χ1v) is 11.7. The summed E-state index contributed by atoms with van der Waals surface area (Å²) < 4.78 is 25.9. The Morgan fingerprint density at radius 1 is 1.14 bits per heavy atom. The molecule has 0 bridgehead atoms. The number of carbonyl (C=O) groups excluding carboxylic acids is 1. The quantitative estimate of drug-likeness (QED) is 0.750. The van der Waals surface area contributed by atoms with Crippen molar-refractivity contribution in [3.63, 3.8) is 0 Å². The Morgan fingerprint density at radius 2 is 1.90 bits per heavy atom. The van der Waals surface area contributed by atoms with Crippen LogP contribution in [0.1, 0.15) is 48.3 Å². The van der Waals surface area contributed by atoms with Crippen LogP contribution in [0.5, 0.6) is 0 Å². The predicted octanol–water partition coefficient (Wildman–Crippen LogP) is 2.40. The molecule has 29 heavy (non-hydrogen) atoms. The highest BCUT2D eigenvalue weighted by molar-refractivity contribution is 7.89. The number of carbonyl (C=O) groups is 1. The fourth-order valence-electron chi connectivity index (χ4n) is 4.09. The Labute approximate surface area is 171 Å². The molecule has 1 aromatic heterocycles. The lowest BCUT2D eigenvalue weighted by Crippen LogP contribution is -2.36. The van der Waals surface area contributed by atoms with E-state index in [0.717, 1.165) is 16.8 Å². The SMILES string of the molecule is CCS(=O)(=O)N1CCC(c2nc(C)c3c(n2)N(Cc2ccccc2)C(=O)CC3)C1. The van der Waals surface area contributed by atoms with Gasteiger partial charge in [-0.1, -0.05) is 30.3 Å². The second-order valence-corrected chi connectivity index (χ2v) is 9.94. The summed E-state index contributed by atoms with van der Waals surface area (Å²) in [7, 11) is -3.21. The molecular formula is C21H26N4O3S. The molecule has 1 unspecified atom stereocenters. The van der Waals surface area contributed by atoms with Crippen LogP contribution in [0.4, 0.5) is 5.82 Å². The number of aryl methyl sites for hydroxylation is 1. The van der Waals surface area contributed by atoms with E-state index in [1.807, 2.05) is 37.3 Å². The maximum absolute atomic E-state index is 12.7. The van der Waals surface area contributed by atoms with Gasteiger partial charge in [-0.05, 0) is 32.3 Å². The Balaban J connectivity index is 1.66. The molecule has 154 valence electrons. The lowest BCUT2D eigenvalue weighted by molar-refractivity contribution is -0.119. The fourth-order valence-corrected chi connectivity index (χ4v) is 5.24. The zero-order valence-corrected chi connectivity index (χ0v) is 17.7. The van der Waals surface area contributed by atoms with Crippen LogP contribution in [0, 0.1) is 6.92 Å². The van der Waals surface area contributed by atoms with Crippen LogP contribution in [0.25, 0.3) is 0 Å². The molecule has 8 heteroatoms. The van der Waals surface area contributed by atoms with Crippen LogP contribution < -0.4 is 4.90 Å². The second kappa shape index (κ2) is 7.84. The van der Waals surface area contributed by atoms with Gasteiger partial charge in [0.25, 0.3) is 0 Å². The van der Waals surface area contributed by atoms with Gasteiger partial charge in [-0.3, -0.25) is 9.69 Å². The largest absolute Gasteiger partial charge is 0.292 e. The molecule has 1 atom stereocenters. The van der Waals surface area contributed by atoms with E-state index in [2.05, 4.69) is 0 Å². The highest BCUT2D eigenvalue weighted by Gasteiger charge is 2.35. The van der Waals surface area contributed by atoms with E-state index in [1.165, 1.54) is 4.31 Å². The lowest BCUT2D eigenvalue weighted by Gasteiger charge is -2.30. The summed E-state index contributed by atoms with van der Waals surface area (Å²) in [5.41, 5.74) is 2.94. The van der Waals surface area contributed by atoms with Crippen LogP contribution in [0.15, 0.2) is 30.3 Å². The van der Waals surface area contributed by atoms with Crippen molar-refractivity contribution in [2.24, 2.45) is 0 Å². The van der Waals surface area contributed by atoms with Crippen LogP contribution in [0.3, 0.4) is 0 Å². The first kappa shape index (κ1) is 20.0. The maximum atomic E-state index is 12.7. The van der Waals surface area contributed by atoms with E-state index in [0.29, 0.717) is 50.5 Å². The number of hydrogen-bond donors (Lipinski definition) is 0. The third-order valence-corrected chi connectivity index (χ3v) is 7.66. The lowest BCUT2D eigenvalue weighted by atomic mass is 10.0. The Morgan fingerprint density at radius 3 is 2.62 bits per heavy atom. The van der Waals surface area contributed by atoms with Gasteiger partial charge in [0.15, 0.2) is 0 Å². The Kier molecular flexibility index (Phi) is 5.40. The fraction of sp³-hybridized carbons (Fsp3) is 0.476.